The molecule has 5 heteroatoms. The first-order valence-electron chi connectivity index (χ1n) is 5.80. The predicted octanol–water partition coefficient (Wildman–Crippen LogP) is 1.04. The summed E-state index contributed by atoms with van der Waals surface area (Å²) in [5, 5.41) is 3.28. The van der Waals surface area contributed by atoms with E-state index in [1.165, 1.54) is 12.1 Å². The molecule has 2 aliphatic heterocycles. The summed E-state index contributed by atoms with van der Waals surface area (Å²) in [7, 11) is 0. The molecule has 3 rings (SSSR count). The Hall–Kier alpha value is -1.62. The second-order valence-corrected chi connectivity index (χ2v) is 4.42. The van der Waals surface area contributed by atoms with Crippen molar-refractivity contribution in [2.45, 2.75) is 6.04 Å². The summed E-state index contributed by atoms with van der Waals surface area (Å²) in [5.41, 5.74) is 0.769. The van der Waals surface area contributed by atoms with E-state index < -0.39 is 0 Å². The van der Waals surface area contributed by atoms with Crippen LogP contribution in [0, 0.1) is 5.82 Å². The lowest BCUT2D eigenvalue weighted by Crippen LogP contribution is -2.49. The number of halogens is 1. The van der Waals surface area contributed by atoms with Gasteiger partial charge in [-0.3, -0.25) is 4.90 Å². The van der Waals surface area contributed by atoms with Crippen LogP contribution in [0.3, 0.4) is 0 Å². The van der Waals surface area contributed by atoms with Crippen molar-refractivity contribution in [3.8, 4) is 0 Å². The number of carbonyl (C=O) groups excluding carboxylic acids is 1. The highest BCUT2D eigenvalue weighted by Gasteiger charge is 2.38. The van der Waals surface area contributed by atoms with Crippen molar-refractivity contribution in [1.82, 2.24) is 10.2 Å². The molecule has 1 N–H and O–H groups in total. The fourth-order valence-corrected chi connectivity index (χ4v) is 2.46. The Labute approximate surface area is 99.0 Å². The second kappa shape index (κ2) is 4.00. The zero-order valence-corrected chi connectivity index (χ0v) is 9.40. The lowest BCUT2D eigenvalue weighted by Gasteiger charge is -2.28. The van der Waals surface area contributed by atoms with E-state index in [4.69, 9.17) is 0 Å². The van der Waals surface area contributed by atoms with E-state index in [9.17, 15) is 9.18 Å². The Bertz CT molecular complexity index is 434. The van der Waals surface area contributed by atoms with Crippen LogP contribution in [-0.4, -0.2) is 43.2 Å². The first-order chi connectivity index (χ1) is 8.25. The molecule has 0 aromatic heterocycles. The molecule has 2 fully saturated rings. The van der Waals surface area contributed by atoms with Crippen LogP contribution in [0.4, 0.5) is 14.9 Å². The van der Waals surface area contributed by atoms with Crippen LogP contribution in [-0.2, 0) is 0 Å². The largest absolute Gasteiger partial charge is 0.324 e. The number of amides is 2. The van der Waals surface area contributed by atoms with E-state index in [2.05, 4.69) is 5.32 Å². The molecule has 2 aliphatic rings. The lowest BCUT2D eigenvalue weighted by molar-refractivity contribution is 0.193. The van der Waals surface area contributed by atoms with Gasteiger partial charge in [-0.2, -0.15) is 0 Å². The first-order valence-corrected chi connectivity index (χ1v) is 5.80. The molecule has 1 atom stereocenters. The lowest BCUT2D eigenvalue weighted by atomic mass is 10.2. The monoisotopic (exact) mass is 235 g/mol. The summed E-state index contributed by atoms with van der Waals surface area (Å²) >= 11 is 0. The predicted molar refractivity (Wildman–Crippen MR) is 62.5 cm³/mol. The Morgan fingerprint density at radius 1 is 1.29 bits per heavy atom. The molecule has 0 unspecified atom stereocenters. The van der Waals surface area contributed by atoms with Crippen LogP contribution in [0.25, 0.3) is 0 Å². The van der Waals surface area contributed by atoms with Gasteiger partial charge in [0.05, 0.1) is 6.04 Å². The summed E-state index contributed by atoms with van der Waals surface area (Å²) in [6.07, 6.45) is 0. The van der Waals surface area contributed by atoms with Crippen molar-refractivity contribution in [1.29, 1.82) is 0 Å². The molecule has 90 valence electrons. The van der Waals surface area contributed by atoms with Gasteiger partial charge in [0.25, 0.3) is 0 Å². The molecule has 4 nitrogen and oxygen atoms in total. The van der Waals surface area contributed by atoms with E-state index in [0.29, 0.717) is 6.54 Å². The van der Waals surface area contributed by atoms with E-state index in [1.54, 1.807) is 17.0 Å². The number of urea groups is 1. The number of nitrogens with zero attached hydrogens (tertiary/aromatic N) is 2. The van der Waals surface area contributed by atoms with Gasteiger partial charge >= 0.3 is 6.03 Å². The van der Waals surface area contributed by atoms with E-state index in [1.807, 2.05) is 4.90 Å². The van der Waals surface area contributed by atoms with Gasteiger partial charge in [0.2, 0.25) is 0 Å². The SMILES string of the molecule is O=C1N(c2ccc(F)cc2)C[C@@H]2CNCCN12. The zero-order valence-electron chi connectivity index (χ0n) is 9.40. The number of benzene rings is 1. The fraction of sp³-hybridized carbons (Fsp3) is 0.417. The molecule has 1 aromatic carbocycles. The summed E-state index contributed by atoms with van der Waals surface area (Å²) < 4.78 is 12.8. The van der Waals surface area contributed by atoms with Gasteiger partial charge in [0.15, 0.2) is 0 Å². The molecule has 0 aliphatic carbocycles. The van der Waals surface area contributed by atoms with Gasteiger partial charge in [-0.05, 0) is 24.3 Å². The Balaban J connectivity index is 1.85. The highest BCUT2D eigenvalue weighted by atomic mass is 19.1. The minimum Gasteiger partial charge on any atom is -0.317 e. The third-order valence-corrected chi connectivity index (χ3v) is 3.36. The van der Waals surface area contributed by atoms with Crippen LogP contribution in [0.1, 0.15) is 0 Å². The number of nitrogens with one attached hydrogen (secondary N) is 1. The molecule has 0 spiro atoms. The van der Waals surface area contributed by atoms with Crippen molar-refractivity contribution in [3.63, 3.8) is 0 Å². The molecule has 1 aromatic rings. The van der Waals surface area contributed by atoms with Gasteiger partial charge in [-0.25, -0.2) is 9.18 Å². The molecule has 2 heterocycles. The summed E-state index contributed by atoms with van der Waals surface area (Å²) in [5.74, 6) is -0.278. The maximum absolute atomic E-state index is 12.8. The van der Waals surface area contributed by atoms with E-state index >= 15 is 0 Å². The highest BCUT2D eigenvalue weighted by Crippen LogP contribution is 2.24. The molecular weight excluding hydrogens is 221 g/mol. The van der Waals surface area contributed by atoms with Crippen molar-refractivity contribution in [2.75, 3.05) is 31.1 Å². The topological polar surface area (TPSA) is 35.6 Å². The summed E-state index contributed by atoms with van der Waals surface area (Å²) in [6, 6.07) is 6.35. The zero-order chi connectivity index (χ0) is 11.8. The highest BCUT2D eigenvalue weighted by molar-refractivity contribution is 5.94. The van der Waals surface area contributed by atoms with Gasteiger partial charge < -0.3 is 10.2 Å². The van der Waals surface area contributed by atoms with Crippen LogP contribution in [0.15, 0.2) is 24.3 Å². The minimum atomic E-state index is -0.278. The Kier molecular flexibility index (Phi) is 2.48. The maximum Gasteiger partial charge on any atom is 0.324 e. The molecule has 0 saturated carbocycles. The average molecular weight is 235 g/mol. The summed E-state index contributed by atoms with van der Waals surface area (Å²) in [6.45, 7) is 3.11. The smallest absolute Gasteiger partial charge is 0.317 e. The standard InChI is InChI=1S/C12H14FN3O/c13-9-1-3-10(4-2-9)16-8-11-7-14-5-6-15(11)12(16)17/h1-4,11,14H,5-8H2/t11-/m0/s1. The van der Waals surface area contributed by atoms with Crippen molar-refractivity contribution in [2.24, 2.45) is 0 Å². The second-order valence-electron chi connectivity index (χ2n) is 4.42. The number of fused-ring (bicyclic) bond motifs is 1. The number of anilines is 1. The molecule has 0 bridgehead atoms. The van der Waals surface area contributed by atoms with E-state index in [0.717, 1.165) is 25.3 Å². The van der Waals surface area contributed by atoms with Crippen molar-refractivity contribution >= 4 is 11.7 Å². The van der Waals surface area contributed by atoms with Gasteiger partial charge in [0, 0.05) is 31.9 Å². The van der Waals surface area contributed by atoms with Crippen molar-refractivity contribution in [3.05, 3.63) is 30.1 Å². The molecular formula is C12H14FN3O. The minimum absolute atomic E-state index is 0.0307. The van der Waals surface area contributed by atoms with E-state index in [-0.39, 0.29) is 17.9 Å². The van der Waals surface area contributed by atoms with Gasteiger partial charge in [-0.15, -0.1) is 0 Å². The molecule has 2 saturated heterocycles. The van der Waals surface area contributed by atoms with Crippen LogP contribution in [0.5, 0.6) is 0 Å². The van der Waals surface area contributed by atoms with Crippen LogP contribution >= 0.6 is 0 Å². The quantitative estimate of drug-likeness (QED) is 0.789. The Morgan fingerprint density at radius 2 is 2.06 bits per heavy atom. The average Bonchev–Trinajstić information content (AvgIpc) is 2.69. The Morgan fingerprint density at radius 3 is 2.76 bits per heavy atom. The van der Waals surface area contributed by atoms with Gasteiger partial charge in [0.1, 0.15) is 5.82 Å². The number of hydrogen-bond donors (Lipinski definition) is 1. The number of rotatable bonds is 1. The van der Waals surface area contributed by atoms with Crippen LogP contribution < -0.4 is 10.2 Å². The molecule has 17 heavy (non-hydrogen) atoms. The summed E-state index contributed by atoms with van der Waals surface area (Å²) in [4.78, 5) is 15.8. The normalized spacial score (nSPS) is 24.1. The fourth-order valence-electron chi connectivity index (χ4n) is 2.46. The number of piperazine rings is 1. The first kappa shape index (κ1) is 10.5. The number of carbonyl (C=O) groups is 1. The van der Waals surface area contributed by atoms with Gasteiger partial charge in [-0.1, -0.05) is 0 Å². The maximum atomic E-state index is 12.8. The third kappa shape index (κ3) is 1.76. The number of hydrogen-bond acceptors (Lipinski definition) is 2. The third-order valence-electron chi connectivity index (χ3n) is 3.36. The van der Waals surface area contributed by atoms with Crippen molar-refractivity contribution < 1.29 is 9.18 Å². The van der Waals surface area contributed by atoms with Crippen LogP contribution in [0.2, 0.25) is 0 Å². The molecule has 0 radical (unpaired) electrons. The molecule has 2 amide bonds.